The van der Waals surface area contributed by atoms with Crippen molar-refractivity contribution in [3.63, 3.8) is 0 Å². The van der Waals surface area contributed by atoms with E-state index >= 15 is 0 Å². The Morgan fingerprint density at radius 1 is 1.25 bits per heavy atom. The summed E-state index contributed by atoms with van der Waals surface area (Å²) in [4.78, 5) is 14.1. The molecule has 1 amide bonds. The molecule has 0 spiro atoms. The van der Waals surface area contributed by atoms with Crippen LogP contribution in [0.15, 0.2) is 42.6 Å². The average Bonchev–Trinajstić information content (AvgIpc) is 2.92. The quantitative estimate of drug-likeness (QED) is 0.684. The van der Waals surface area contributed by atoms with Crippen LogP contribution in [0.25, 0.3) is 0 Å². The van der Waals surface area contributed by atoms with E-state index in [0.29, 0.717) is 25.6 Å². The molecular weight excluding hydrogens is 327 g/mol. The normalized spacial score (nSPS) is 12.4. The Balaban J connectivity index is 2.16. The maximum absolute atomic E-state index is 13.4. The minimum atomic E-state index is -0.546. The van der Waals surface area contributed by atoms with Gasteiger partial charge < -0.3 is 9.47 Å². The van der Waals surface area contributed by atoms with Crippen molar-refractivity contribution < 1.29 is 9.18 Å². The number of hydrogen-bond donors (Lipinski definition) is 0. The molecule has 0 aliphatic carbocycles. The Hall–Kier alpha value is -1.81. The molecule has 130 valence electrons. The van der Waals surface area contributed by atoms with Gasteiger partial charge in [-0.3, -0.25) is 4.79 Å². The minimum absolute atomic E-state index is 0.0659. The van der Waals surface area contributed by atoms with Crippen LogP contribution in [0.2, 0.25) is 0 Å². The lowest BCUT2D eigenvalue weighted by Gasteiger charge is -2.26. The van der Waals surface area contributed by atoms with Crippen LogP contribution in [0, 0.1) is 11.7 Å². The topological polar surface area (TPSA) is 25.2 Å². The van der Waals surface area contributed by atoms with Gasteiger partial charge in [0.2, 0.25) is 5.91 Å². The third-order valence-corrected chi connectivity index (χ3v) is 3.94. The molecule has 0 aliphatic heterocycles. The molecular formula is C19H24ClFN2O. The molecule has 2 rings (SSSR count). The maximum Gasteiger partial charge on any atom is 0.240 e. The second-order valence-corrected chi connectivity index (χ2v) is 7.14. The molecule has 0 N–H and O–H groups in total. The van der Waals surface area contributed by atoms with Crippen LogP contribution in [-0.4, -0.2) is 27.3 Å². The van der Waals surface area contributed by atoms with Crippen LogP contribution < -0.4 is 0 Å². The Morgan fingerprint density at radius 3 is 2.62 bits per heavy atom. The van der Waals surface area contributed by atoms with E-state index in [4.69, 9.17) is 11.6 Å². The van der Waals surface area contributed by atoms with Crippen molar-refractivity contribution in [2.45, 2.75) is 39.2 Å². The van der Waals surface area contributed by atoms with Gasteiger partial charge in [-0.2, -0.15) is 0 Å². The second-order valence-electron chi connectivity index (χ2n) is 6.49. The zero-order valence-electron chi connectivity index (χ0n) is 14.4. The Kier molecular flexibility index (Phi) is 6.44. The molecule has 0 fully saturated rings. The molecule has 1 heterocycles. The maximum atomic E-state index is 13.4. The van der Waals surface area contributed by atoms with Crippen LogP contribution in [0.5, 0.6) is 0 Å². The Morgan fingerprint density at radius 2 is 2.00 bits per heavy atom. The van der Waals surface area contributed by atoms with E-state index in [0.717, 1.165) is 11.3 Å². The van der Waals surface area contributed by atoms with Gasteiger partial charge in [-0.1, -0.05) is 26.0 Å². The number of halogens is 2. The Labute approximate surface area is 148 Å². The van der Waals surface area contributed by atoms with Crippen molar-refractivity contribution >= 4 is 17.5 Å². The van der Waals surface area contributed by atoms with Crippen molar-refractivity contribution in [3.8, 4) is 0 Å². The fraction of sp³-hybridized carbons (Fsp3) is 0.421. The van der Waals surface area contributed by atoms with E-state index in [9.17, 15) is 9.18 Å². The van der Waals surface area contributed by atoms with Gasteiger partial charge in [0.25, 0.3) is 0 Å². The zero-order valence-corrected chi connectivity index (χ0v) is 15.1. The molecule has 2 aromatic rings. The average molecular weight is 351 g/mol. The molecule has 1 atom stereocenters. The second kappa shape index (κ2) is 8.34. The number of aromatic nitrogens is 1. The summed E-state index contributed by atoms with van der Waals surface area (Å²) in [7, 11) is 0. The van der Waals surface area contributed by atoms with Crippen LogP contribution in [0.3, 0.4) is 0 Å². The summed E-state index contributed by atoms with van der Waals surface area (Å²) < 4.78 is 15.4. The molecule has 1 aromatic carbocycles. The minimum Gasteiger partial charge on any atom is -0.345 e. The lowest BCUT2D eigenvalue weighted by atomic mass is 10.2. The smallest absolute Gasteiger partial charge is 0.240 e. The first-order valence-electron chi connectivity index (χ1n) is 8.18. The van der Waals surface area contributed by atoms with Gasteiger partial charge in [0.05, 0.1) is 6.54 Å². The lowest BCUT2D eigenvalue weighted by Crippen LogP contribution is -2.38. The predicted octanol–water partition coefficient (Wildman–Crippen LogP) is 4.29. The van der Waals surface area contributed by atoms with E-state index in [1.165, 1.54) is 12.1 Å². The van der Waals surface area contributed by atoms with E-state index in [1.807, 2.05) is 29.0 Å². The number of hydrogen-bond acceptors (Lipinski definition) is 1. The fourth-order valence-corrected chi connectivity index (χ4v) is 2.84. The summed E-state index contributed by atoms with van der Waals surface area (Å²) in [6, 6.07) is 10.5. The summed E-state index contributed by atoms with van der Waals surface area (Å²) in [5.74, 6) is 0.0497. The van der Waals surface area contributed by atoms with Crippen LogP contribution in [0.1, 0.15) is 32.0 Å². The van der Waals surface area contributed by atoms with Gasteiger partial charge >= 0.3 is 0 Å². The molecule has 3 nitrogen and oxygen atoms in total. The van der Waals surface area contributed by atoms with Crippen molar-refractivity contribution in [3.05, 3.63) is 59.7 Å². The summed E-state index contributed by atoms with van der Waals surface area (Å²) in [5, 5.41) is -0.546. The van der Waals surface area contributed by atoms with Crippen LogP contribution >= 0.6 is 11.6 Å². The highest BCUT2D eigenvalue weighted by Crippen LogP contribution is 2.14. The first-order chi connectivity index (χ1) is 11.4. The molecule has 0 saturated heterocycles. The standard InChI is InChI=1S/C19H24ClFN2O/c1-14(2)11-23(19(24)15(3)20)13-18-8-5-9-22(18)12-16-6-4-7-17(21)10-16/h4-10,14-15H,11-13H2,1-3H3/t15-/m0/s1. The molecule has 0 radical (unpaired) electrons. The highest BCUT2D eigenvalue weighted by atomic mass is 35.5. The SMILES string of the molecule is CC(C)CN(Cc1cccn1Cc1cccc(F)c1)C(=O)[C@H](C)Cl. The first kappa shape index (κ1) is 18.5. The molecule has 0 saturated carbocycles. The van der Waals surface area contributed by atoms with E-state index < -0.39 is 5.38 Å². The predicted molar refractivity (Wildman–Crippen MR) is 95.5 cm³/mol. The molecule has 0 unspecified atom stereocenters. The van der Waals surface area contributed by atoms with E-state index in [2.05, 4.69) is 13.8 Å². The van der Waals surface area contributed by atoms with E-state index in [1.54, 1.807) is 17.9 Å². The van der Waals surface area contributed by atoms with Crippen molar-refractivity contribution in [1.29, 1.82) is 0 Å². The highest BCUT2D eigenvalue weighted by molar-refractivity contribution is 6.30. The summed E-state index contributed by atoms with van der Waals surface area (Å²) in [5.41, 5.74) is 1.89. The Bertz CT molecular complexity index is 682. The third-order valence-electron chi connectivity index (χ3n) is 3.76. The number of carbonyl (C=O) groups is 1. The van der Waals surface area contributed by atoms with Gasteiger partial charge in [-0.15, -0.1) is 11.6 Å². The van der Waals surface area contributed by atoms with Crippen molar-refractivity contribution in [2.75, 3.05) is 6.54 Å². The first-order valence-corrected chi connectivity index (χ1v) is 8.61. The highest BCUT2D eigenvalue weighted by Gasteiger charge is 2.20. The lowest BCUT2D eigenvalue weighted by molar-refractivity contribution is -0.131. The summed E-state index contributed by atoms with van der Waals surface area (Å²) in [6.07, 6.45) is 1.95. The van der Waals surface area contributed by atoms with Gasteiger partial charge in [0.1, 0.15) is 11.2 Å². The number of carbonyl (C=O) groups excluding carboxylic acids is 1. The molecule has 0 aliphatic rings. The molecule has 1 aromatic heterocycles. The van der Waals surface area contributed by atoms with Gasteiger partial charge in [0.15, 0.2) is 0 Å². The monoisotopic (exact) mass is 350 g/mol. The number of nitrogens with zero attached hydrogens (tertiary/aromatic N) is 2. The molecule has 0 bridgehead atoms. The number of amides is 1. The van der Waals surface area contributed by atoms with Crippen molar-refractivity contribution in [1.82, 2.24) is 9.47 Å². The van der Waals surface area contributed by atoms with Gasteiger partial charge in [-0.25, -0.2) is 4.39 Å². The van der Waals surface area contributed by atoms with Gasteiger partial charge in [-0.05, 0) is 42.7 Å². The van der Waals surface area contributed by atoms with Crippen LogP contribution in [0.4, 0.5) is 4.39 Å². The summed E-state index contributed by atoms with van der Waals surface area (Å²) in [6.45, 7) is 7.57. The largest absolute Gasteiger partial charge is 0.345 e. The third kappa shape index (κ3) is 5.10. The van der Waals surface area contributed by atoms with Gasteiger partial charge in [0, 0.05) is 25.0 Å². The number of alkyl halides is 1. The molecule has 5 heteroatoms. The van der Waals surface area contributed by atoms with E-state index in [-0.39, 0.29) is 11.7 Å². The number of rotatable bonds is 7. The molecule has 24 heavy (non-hydrogen) atoms. The fourth-order valence-electron chi connectivity index (χ4n) is 2.70. The summed E-state index contributed by atoms with van der Waals surface area (Å²) >= 11 is 5.99. The number of benzene rings is 1. The van der Waals surface area contributed by atoms with Crippen molar-refractivity contribution in [2.24, 2.45) is 5.92 Å². The van der Waals surface area contributed by atoms with Crippen LogP contribution in [-0.2, 0) is 17.9 Å². The zero-order chi connectivity index (χ0) is 17.7.